The number of aromatic nitrogens is 1. The topological polar surface area (TPSA) is 12.9 Å². The Balaban J connectivity index is 2.51. The fraction of sp³-hybridized carbons (Fsp3) is 0.222. The van der Waals surface area contributed by atoms with E-state index in [2.05, 4.69) is 33.1 Å². The van der Waals surface area contributed by atoms with Crippen LogP contribution in [-0.4, -0.2) is 4.98 Å². The monoisotopic (exact) mass is 209 g/mol. The van der Waals surface area contributed by atoms with Crippen LogP contribution in [0.2, 0.25) is 0 Å². The molecular weight excluding hydrogens is 202 g/mol. The summed E-state index contributed by atoms with van der Waals surface area (Å²) in [7, 11) is 0. The van der Waals surface area contributed by atoms with Crippen LogP contribution >= 0.6 is 15.9 Å². The predicted octanol–water partition coefficient (Wildman–Crippen LogP) is 2.76. The highest BCUT2D eigenvalue weighted by atomic mass is 79.9. The minimum atomic E-state index is 1.06. The maximum Gasteiger partial charge on any atom is 0.0479 e. The van der Waals surface area contributed by atoms with Crippen molar-refractivity contribution in [2.75, 3.05) is 0 Å². The lowest BCUT2D eigenvalue weighted by atomic mass is 10.0. The van der Waals surface area contributed by atoms with Gasteiger partial charge in [-0.1, -0.05) is 22.0 Å². The number of pyridine rings is 1. The molecule has 1 aliphatic carbocycles. The summed E-state index contributed by atoms with van der Waals surface area (Å²) in [6.45, 7) is 0. The van der Waals surface area contributed by atoms with Crippen molar-refractivity contribution in [3.8, 4) is 0 Å². The largest absolute Gasteiger partial charge is 0.261 e. The van der Waals surface area contributed by atoms with Gasteiger partial charge >= 0.3 is 0 Å². The molecule has 0 aliphatic heterocycles. The zero-order chi connectivity index (χ0) is 7.68. The second-order valence-electron chi connectivity index (χ2n) is 2.63. The molecule has 1 aliphatic rings. The highest BCUT2D eigenvalue weighted by Gasteiger charge is 2.07. The molecule has 0 aromatic carbocycles. The van der Waals surface area contributed by atoms with Crippen molar-refractivity contribution in [1.82, 2.24) is 4.98 Å². The van der Waals surface area contributed by atoms with E-state index in [1.54, 1.807) is 0 Å². The number of fused-ring (bicyclic) bond motifs is 1. The molecule has 0 spiro atoms. The van der Waals surface area contributed by atoms with Crippen LogP contribution < -0.4 is 0 Å². The summed E-state index contributed by atoms with van der Waals surface area (Å²) in [5.41, 5.74) is 2.47. The molecule has 0 saturated heterocycles. The van der Waals surface area contributed by atoms with Gasteiger partial charge in [-0.05, 0) is 35.0 Å². The van der Waals surface area contributed by atoms with Gasteiger partial charge in [-0.25, -0.2) is 0 Å². The SMILES string of the molecule is BrC1=Cc2cccnc2CC1. The summed E-state index contributed by atoms with van der Waals surface area (Å²) >= 11 is 3.49. The summed E-state index contributed by atoms with van der Waals surface area (Å²) in [6, 6.07) is 4.07. The van der Waals surface area contributed by atoms with Gasteiger partial charge in [0.2, 0.25) is 0 Å². The Kier molecular flexibility index (Phi) is 1.78. The van der Waals surface area contributed by atoms with Crippen molar-refractivity contribution in [2.45, 2.75) is 12.8 Å². The Hall–Kier alpha value is -0.630. The Labute approximate surface area is 74.3 Å². The van der Waals surface area contributed by atoms with Gasteiger partial charge in [-0.3, -0.25) is 4.98 Å². The van der Waals surface area contributed by atoms with Gasteiger partial charge in [-0.2, -0.15) is 0 Å². The normalized spacial score (nSPS) is 15.5. The van der Waals surface area contributed by atoms with E-state index < -0.39 is 0 Å². The molecule has 0 amide bonds. The van der Waals surface area contributed by atoms with Crippen molar-refractivity contribution in [3.63, 3.8) is 0 Å². The molecule has 1 aromatic rings. The zero-order valence-electron chi connectivity index (χ0n) is 6.05. The van der Waals surface area contributed by atoms with Crippen molar-refractivity contribution < 1.29 is 0 Å². The van der Waals surface area contributed by atoms with Crippen molar-refractivity contribution in [3.05, 3.63) is 34.1 Å². The number of nitrogens with zero attached hydrogens (tertiary/aromatic N) is 1. The van der Waals surface area contributed by atoms with Gasteiger partial charge in [0.1, 0.15) is 0 Å². The van der Waals surface area contributed by atoms with Crippen molar-refractivity contribution in [2.24, 2.45) is 0 Å². The third kappa shape index (κ3) is 1.36. The molecule has 0 fully saturated rings. The second kappa shape index (κ2) is 2.78. The van der Waals surface area contributed by atoms with E-state index in [4.69, 9.17) is 0 Å². The molecule has 56 valence electrons. The van der Waals surface area contributed by atoms with Crippen LogP contribution in [0.15, 0.2) is 22.8 Å². The standard InChI is InChI=1S/C9H8BrN/c10-8-3-4-9-7(6-8)2-1-5-11-9/h1-2,5-6H,3-4H2. The first-order valence-electron chi connectivity index (χ1n) is 3.66. The number of hydrogen-bond acceptors (Lipinski definition) is 1. The van der Waals surface area contributed by atoms with Gasteiger partial charge in [-0.15, -0.1) is 0 Å². The summed E-state index contributed by atoms with van der Waals surface area (Å²) in [4.78, 5) is 4.29. The van der Waals surface area contributed by atoms with Crippen molar-refractivity contribution in [1.29, 1.82) is 0 Å². The van der Waals surface area contributed by atoms with Crippen LogP contribution in [0.4, 0.5) is 0 Å². The molecule has 0 saturated carbocycles. The fourth-order valence-electron chi connectivity index (χ4n) is 1.27. The van der Waals surface area contributed by atoms with Crippen molar-refractivity contribution >= 4 is 22.0 Å². The quantitative estimate of drug-likeness (QED) is 0.641. The fourth-order valence-corrected chi connectivity index (χ4v) is 1.71. The summed E-state index contributed by atoms with van der Waals surface area (Å²) < 4.78 is 1.28. The lowest BCUT2D eigenvalue weighted by Gasteiger charge is -2.10. The molecule has 0 unspecified atom stereocenters. The minimum Gasteiger partial charge on any atom is -0.261 e. The number of allylic oxidation sites excluding steroid dienone is 1. The van der Waals surface area contributed by atoms with Crippen LogP contribution in [0.3, 0.4) is 0 Å². The molecule has 2 rings (SSSR count). The predicted molar refractivity (Wildman–Crippen MR) is 49.5 cm³/mol. The van der Waals surface area contributed by atoms with E-state index in [1.807, 2.05) is 12.3 Å². The summed E-state index contributed by atoms with van der Waals surface area (Å²) in [6.07, 6.45) is 6.15. The molecule has 0 bridgehead atoms. The third-order valence-electron chi connectivity index (χ3n) is 1.84. The molecule has 11 heavy (non-hydrogen) atoms. The molecule has 1 nitrogen and oxygen atoms in total. The molecule has 1 aromatic heterocycles. The number of hydrogen-bond donors (Lipinski definition) is 0. The van der Waals surface area contributed by atoms with E-state index in [9.17, 15) is 0 Å². The van der Waals surface area contributed by atoms with E-state index in [0.29, 0.717) is 0 Å². The van der Waals surface area contributed by atoms with Crippen LogP contribution in [-0.2, 0) is 6.42 Å². The third-order valence-corrected chi connectivity index (χ3v) is 2.46. The van der Waals surface area contributed by atoms with Gasteiger partial charge in [0.15, 0.2) is 0 Å². The Morgan fingerprint density at radius 1 is 1.36 bits per heavy atom. The lowest BCUT2D eigenvalue weighted by molar-refractivity contribution is 0.920. The second-order valence-corrected chi connectivity index (χ2v) is 3.65. The minimum absolute atomic E-state index is 1.06. The van der Waals surface area contributed by atoms with Crippen LogP contribution in [0.25, 0.3) is 6.08 Å². The average Bonchev–Trinajstić information content (AvgIpc) is 2.04. The van der Waals surface area contributed by atoms with E-state index in [-0.39, 0.29) is 0 Å². The van der Waals surface area contributed by atoms with Gasteiger partial charge in [0.05, 0.1) is 0 Å². The van der Waals surface area contributed by atoms with Crippen LogP contribution in [0, 0.1) is 0 Å². The maximum absolute atomic E-state index is 4.29. The summed E-state index contributed by atoms with van der Waals surface area (Å²) in [5, 5.41) is 0. The molecule has 0 radical (unpaired) electrons. The van der Waals surface area contributed by atoms with E-state index in [0.717, 1.165) is 12.8 Å². The molecule has 1 heterocycles. The Morgan fingerprint density at radius 3 is 3.18 bits per heavy atom. The lowest BCUT2D eigenvalue weighted by Crippen LogP contribution is -1.98. The van der Waals surface area contributed by atoms with E-state index >= 15 is 0 Å². The van der Waals surface area contributed by atoms with Crippen LogP contribution in [0.1, 0.15) is 17.7 Å². The molecule has 2 heteroatoms. The maximum atomic E-state index is 4.29. The number of halogens is 1. The van der Waals surface area contributed by atoms with E-state index in [1.165, 1.54) is 15.7 Å². The first-order chi connectivity index (χ1) is 5.36. The number of rotatable bonds is 0. The first kappa shape index (κ1) is 7.04. The highest BCUT2D eigenvalue weighted by Crippen LogP contribution is 2.25. The summed E-state index contributed by atoms with van der Waals surface area (Å²) in [5.74, 6) is 0. The zero-order valence-corrected chi connectivity index (χ0v) is 7.63. The first-order valence-corrected chi connectivity index (χ1v) is 4.45. The average molecular weight is 210 g/mol. The highest BCUT2D eigenvalue weighted by molar-refractivity contribution is 9.11. The number of aryl methyl sites for hydroxylation is 1. The molecule has 0 N–H and O–H groups in total. The van der Waals surface area contributed by atoms with Gasteiger partial charge in [0, 0.05) is 11.9 Å². The molecular formula is C9H8BrN. The Bertz CT molecular complexity index is 304. The smallest absolute Gasteiger partial charge is 0.0479 e. The Morgan fingerprint density at radius 2 is 2.27 bits per heavy atom. The van der Waals surface area contributed by atoms with Crippen LogP contribution in [0.5, 0.6) is 0 Å². The van der Waals surface area contributed by atoms with Gasteiger partial charge < -0.3 is 0 Å². The molecule has 0 atom stereocenters. The van der Waals surface area contributed by atoms with Gasteiger partial charge in [0.25, 0.3) is 0 Å².